The van der Waals surface area contributed by atoms with E-state index in [9.17, 15) is 4.79 Å². The summed E-state index contributed by atoms with van der Waals surface area (Å²) in [7, 11) is 1.63. The first-order valence-electron chi connectivity index (χ1n) is 7.27. The van der Waals surface area contributed by atoms with Crippen LogP contribution in [0.3, 0.4) is 0 Å². The van der Waals surface area contributed by atoms with Crippen molar-refractivity contribution in [3.8, 4) is 0 Å². The summed E-state index contributed by atoms with van der Waals surface area (Å²) in [5.41, 5.74) is 2.06. The molecule has 0 saturated heterocycles. The normalized spacial score (nSPS) is 10.5. The van der Waals surface area contributed by atoms with Crippen molar-refractivity contribution in [1.82, 2.24) is 10.3 Å². The number of aliphatic hydroxyl groups is 1. The number of anilines is 1. The Kier molecular flexibility index (Phi) is 6.36. The molecule has 2 N–H and O–H groups in total. The molecule has 5 nitrogen and oxygen atoms in total. The van der Waals surface area contributed by atoms with Crippen LogP contribution in [0.4, 0.5) is 5.69 Å². The van der Waals surface area contributed by atoms with Crippen molar-refractivity contribution in [2.24, 2.45) is 0 Å². The summed E-state index contributed by atoms with van der Waals surface area (Å²) < 4.78 is 0. The van der Waals surface area contributed by atoms with E-state index in [4.69, 9.17) is 5.11 Å². The zero-order valence-electron chi connectivity index (χ0n) is 12.7. The van der Waals surface area contributed by atoms with Gasteiger partial charge in [0.05, 0.1) is 18.7 Å². The molecule has 0 aliphatic rings. The fraction of sp³-hybridized carbons (Fsp3) is 0.375. The second-order valence-electron chi connectivity index (χ2n) is 4.92. The van der Waals surface area contributed by atoms with Crippen molar-refractivity contribution in [3.05, 3.63) is 46.4 Å². The van der Waals surface area contributed by atoms with Crippen molar-refractivity contribution >= 4 is 22.9 Å². The molecule has 0 spiro atoms. The van der Waals surface area contributed by atoms with Crippen molar-refractivity contribution < 1.29 is 9.90 Å². The second-order valence-corrected chi connectivity index (χ2v) is 5.86. The summed E-state index contributed by atoms with van der Waals surface area (Å²) in [5.74, 6) is -0.0268. The minimum absolute atomic E-state index is 0.0268. The Morgan fingerprint density at radius 2 is 2.14 bits per heavy atom. The van der Waals surface area contributed by atoms with Crippen LogP contribution in [0.15, 0.2) is 35.7 Å². The quantitative estimate of drug-likeness (QED) is 0.779. The standard InChI is InChI=1S/C16H21N3O2S/c1-17-15(21)10-16-18-13(12-22-16)11-19(8-5-9-20)14-6-3-2-4-7-14/h2-4,6-7,12,20H,5,8-11H2,1H3,(H,17,21). The number of aromatic nitrogens is 1. The number of likely N-dealkylation sites (N-methyl/N-ethyl adjacent to an activating group) is 1. The number of rotatable bonds is 8. The lowest BCUT2D eigenvalue weighted by atomic mass is 10.2. The number of benzene rings is 1. The van der Waals surface area contributed by atoms with Gasteiger partial charge in [-0.1, -0.05) is 18.2 Å². The zero-order chi connectivity index (χ0) is 15.8. The summed E-state index contributed by atoms with van der Waals surface area (Å²) in [5, 5.41) is 14.5. The lowest BCUT2D eigenvalue weighted by molar-refractivity contribution is -0.119. The van der Waals surface area contributed by atoms with E-state index in [1.54, 1.807) is 7.05 Å². The van der Waals surface area contributed by atoms with Crippen LogP contribution in [-0.4, -0.2) is 36.2 Å². The van der Waals surface area contributed by atoms with E-state index in [0.29, 0.717) is 19.4 Å². The monoisotopic (exact) mass is 319 g/mol. The summed E-state index contributed by atoms with van der Waals surface area (Å²) >= 11 is 1.51. The highest BCUT2D eigenvalue weighted by Crippen LogP contribution is 2.19. The van der Waals surface area contributed by atoms with E-state index < -0.39 is 0 Å². The number of nitrogens with one attached hydrogen (secondary N) is 1. The number of aliphatic hydroxyl groups excluding tert-OH is 1. The first-order valence-corrected chi connectivity index (χ1v) is 8.15. The average Bonchev–Trinajstić information content (AvgIpc) is 2.99. The Bertz CT molecular complexity index is 586. The Hall–Kier alpha value is -1.92. The first-order chi connectivity index (χ1) is 10.7. The number of carbonyl (C=O) groups excluding carboxylic acids is 1. The van der Waals surface area contributed by atoms with Gasteiger partial charge in [0.2, 0.25) is 5.91 Å². The molecular weight excluding hydrogens is 298 g/mol. The SMILES string of the molecule is CNC(=O)Cc1nc(CN(CCCO)c2ccccc2)cs1. The van der Waals surface area contributed by atoms with Crippen LogP contribution < -0.4 is 10.2 Å². The summed E-state index contributed by atoms with van der Waals surface area (Å²) in [4.78, 5) is 18.1. The van der Waals surface area contributed by atoms with E-state index in [1.807, 2.05) is 23.6 Å². The van der Waals surface area contributed by atoms with Crippen molar-refractivity contribution in [1.29, 1.82) is 0 Å². The van der Waals surface area contributed by atoms with E-state index in [1.165, 1.54) is 11.3 Å². The predicted molar refractivity (Wildman–Crippen MR) is 89.1 cm³/mol. The van der Waals surface area contributed by atoms with E-state index in [-0.39, 0.29) is 12.5 Å². The molecule has 22 heavy (non-hydrogen) atoms. The molecule has 2 aromatic rings. The largest absolute Gasteiger partial charge is 0.396 e. The van der Waals surface area contributed by atoms with Gasteiger partial charge in [0.25, 0.3) is 0 Å². The summed E-state index contributed by atoms with van der Waals surface area (Å²) in [6.45, 7) is 1.61. The molecule has 0 aliphatic carbocycles. The van der Waals surface area contributed by atoms with Crippen molar-refractivity contribution in [2.45, 2.75) is 19.4 Å². The van der Waals surface area contributed by atoms with Gasteiger partial charge in [0.15, 0.2) is 0 Å². The molecule has 0 radical (unpaired) electrons. The maximum atomic E-state index is 11.4. The molecule has 1 heterocycles. The maximum absolute atomic E-state index is 11.4. The predicted octanol–water partition coefficient (Wildman–Crippen LogP) is 1.82. The van der Waals surface area contributed by atoms with Crippen LogP contribution in [0.1, 0.15) is 17.1 Å². The Labute approximate surface area is 134 Å². The summed E-state index contributed by atoms with van der Waals surface area (Å²) in [6.07, 6.45) is 1.03. The Morgan fingerprint density at radius 1 is 1.36 bits per heavy atom. The average molecular weight is 319 g/mol. The number of hydrogen-bond donors (Lipinski definition) is 2. The Balaban J connectivity index is 2.05. The van der Waals surface area contributed by atoms with Gasteiger partial charge in [-0.2, -0.15) is 0 Å². The molecule has 0 aliphatic heterocycles. The molecule has 2 rings (SSSR count). The van der Waals surface area contributed by atoms with Crippen molar-refractivity contribution in [3.63, 3.8) is 0 Å². The van der Waals surface area contributed by atoms with Crippen LogP contribution in [0.2, 0.25) is 0 Å². The third kappa shape index (κ3) is 4.82. The van der Waals surface area contributed by atoms with Crippen LogP contribution in [0, 0.1) is 0 Å². The van der Waals surface area contributed by atoms with Crippen LogP contribution in [0.5, 0.6) is 0 Å². The molecule has 0 unspecified atom stereocenters. The van der Waals surface area contributed by atoms with Crippen molar-refractivity contribution in [2.75, 3.05) is 25.1 Å². The molecular formula is C16H21N3O2S. The lowest BCUT2D eigenvalue weighted by Gasteiger charge is -2.23. The highest BCUT2D eigenvalue weighted by Gasteiger charge is 2.11. The van der Waals surface area contributed by atoms with Gasteiger partial charge in [-0.05, 0) is 18.6 Å². The second kappa shape index (κ2) is 8.51. The van der Waals surface area contributed by atoms with E-state index in [0.717, 1.165) is 22.9 Å². The highest BCUT2D eigenvalue weighted by atomic mass is 32.1. The molecule has 6 heteroatoms. The molecule has 1 aromatic carbocycles. The van der Waals surface area contributed by atoms with Gasteiger partial charge in [0, 0.05) is 31.3 Å². The zero-order valence-corrected chi connectivity index (χ0v) is 13.5. The van der Waals surface area contributed by atoms with Gasteiger partial charge < -0.3 is 15.3 Å². The van der Waals surface area contributed by atoms with Crippen LogP contribution >= 0.6 is 11.3 Å². The minimum Gasteiger partial charge on any atom is -0.396 e. The molecule has 0 bridgehead atoms. The lowest BCUT2D eigenvalue weighted by Crippen LogP contribution is -2.25. The van der Waals surface area contributed by atoms with E-state index in [2.05, 4.69) is 27.3 Å². The van der Waals surface area contributed by atoms with Gasteiger partial charge >= 0.3 is 0 Å². The minimum atomic E-state index is -0.0268. The maximum Gasteiger partial charge on any atom is 0.226 e. The number of thiazole rings is 1. The van der Waals surface area contributed by atoms with Gasteiger partial charge in [-0.15, -0.1) is 11.3 Å². The number of carbonyl (C=O) groups is 1. The number of amides is 1. The summed E-state index contributed by atoms with van der Waals surface area (Å²) in [6, 6.07) is 10.1. The topological polar surface area (TPSA) is 65.5 Å². The fourth-order valence-corrected chi connectivity index (χ4v) is 2.91. The number of para-hydroxylation sites is 1. The Morgan fingerprint density at radius 3 is 2.82 bits per heavy atom. The smallest absolute Gasteiger partial charge is 0.226 e. The number of hydrogen-bond acceptors (Lipinski definition) is 5. The number of nitrogens with zero attached hydrogens (tertiary/aromatic N) is 2. The molecule has 0 saturated carbocycles. The molecule has 1 aromatic heterocycles. The fourth-order valence-electron chi connectivity index (χ4n) is 2.12. The van der Waals surface area contributed by atoms with Crippen LogP contribution in [0.25, 0.3) is 0 Å². The van der Waals surface area contributed by atoms with E-state index >= 15 is 0 Å². The molecule has 0 atom stereocenters. The molecule has 118 valence electrons. The first kappa shape index (κ1) is 16.5. The molecule has 0 fully saturated rings. The highest BCUT2D eigenvalue weighted by molar-refractivity contribution is 7.09. The van der Waals surface area contributed by atoms with Gasteiger partial charge in [0.1, 0.15) is 5.01 Å². The molecule has 1 amide bonds. The third-order valence-corrected chi connectivity index (χ3v) is 4.15. The third-order valence-electron chi connectivity index (χ3n) is 3.25. The van der Waals surface area contributed by atoms with Gasteiger partial charge in [-0.3, -0.25) is 4.79 Å². The van der Waals surface area contributed by atoms with Crippen LogP contribution in [-0.2, 0) is 17.8 Å². The van der Waals surface area contributed by atoms with Gasteiger partial charge in [-0.25, -0.2) is 4.98 Å².